The molecule has 0 radical (unpaired) electrons. The molecule has 2 unspecified atom stereocenters. The number of carboxylic acid groups (broad SMARTS) is 3. The highest BCUT2D eigenvalue weighted by molar-refractivity contribution is 5.88. The van der Waals surface area contributed by atoms with Gasteiger partial charge in [-0.2, -0.15) is 0 Å². The largest absolute Gasteiger partial charge is 0.481 e. The Morgan fingerprint density at radius 2 is 1.11 bits per heavy atom. The van der Waals surface area contributed by atoms with Gasteiger partial charge in [0, 0.05) is 6.42 Å². The number of hydrogen-bond donors (Lipinski definition) is 6. The second-order valence-corrected chi connectivity index (χ2v) is 9.70. The summed E-state index contributed by atoms with van der Waals surface area (Å²) >= 11 is 0. The Morgan fingerprint density at radius 3 is 1.45 bits per heavy atom. The van der Waals surface area contributed by atoms with Crippen molar-refractivity contribution in [2.45, 2.75) is 134 Å². The van der Waals surface area contributed by atoms with Gasteiger partial charge < -0.3 is 35.4 Å². The van der Waals surface area contributed by atoms with Crippen LogP contribution >= 0.6 is 0 Å². The van der Waals surface area contributed by atoms with Gasteiger partial charge in [0.25, 0.3) is 0 Å². The lowest BCUT2D eigenvalue weighted by Crippen LogP contribution is -2.43. The summed E-state index contributed by atoms with van der Waals surface area (Å²) in [6.07, 6.45) is 16.6. The van der Waals surface area contributed by atoms with E-state index in [-0.39, 0.29) is 0 Å². The molecule has 11 heteroatoms. The molecule has 224 valence electrons. The van der Waals surface area contributed by atoms with Crippen molar-refractivity contribution in [3.63, 3.8) is 0 Å². The van der Waals surface area contributed by atoms with Crippen LogP contribution < -0.4 is 0 Å². The molecule has 38 heavy (non-hydrogen) atoms. The Balaban J connectivity index is 0. The molecule has 2 atom stereocenters. The summed E-state index contributed by atoms with van der Waals surface area (Å²) in [5, 5.41) is 52.3. The molecule has 0 saturated heterocycles. The van der Waals surface area contributed by atoms with E-state index in [2.05, 4.69) is 11.7 Å². The maximum Gasteiger partial charge on any atom is 0.336 e. The molecule has 0 fully saturated rings. The third-order valence-electron chi connectivity index (χ3n) is 5.92. The van der Waals surface area contributed by atoms with Gasteiger partial charge in [0.2, 0.25) is 0 Å². The van der Waals surface area contributed by atoms with E-state index in [9.17, 15) is 24.3 Å². The van der Waals surface area contributed by atoms with Crippen LogP contribution in [-0.4, -0.2) is 79.4 Å². The van der Waals surface area contributed by atoms with Crippen LogP contribution in [-0.2, 0) is 23.9 Å². The highest BCUT2D eigenvalue weighted by atomic mass is 16.5. The van der Waals surface area contributed by atoms with Gasteiger partial charge in [0.05, 0.1) is 19.4 Å². The summed E-state index contributed by atoms with van der Waals surface area (Å²) in [4.78, 5) is 42.5. The smallest absolute Gasteiger partial charge is 0.336 e. The number of aliphatic hydroxyl groups is 3. The Morgan fingerprint density at radius 1 is 0.684 bits per heavy atom. The topological polar surface area (TPSA) is 199 Å². The number of carboxylic acids is 3. The minimum Gasteiger partial charge on any atom is -0.481 e. The van der Waals surface area contributed by atoms with E-state index >= 15 is 0 Å². The summed E-state index contributed by atoms with van der Waals surface area (Å²) in [7, 11) is 0. The molecular weight excluding hydrogens is 500 g/mol. The van der Waals surface area contributed by atoms with Crippen molar-refractivity contribution in [3.05, 3.63) is 0 Å². The molecule has 0 amide bonds. The summed E-state index contributed by atoms with van der Waals surface area (Å²) in [5.74, 6) is -5.32. The predicted octanol–water partition coefficient (Wildman–Crippen LogP) is 3.90. The Bertz CT molecular complexity index is 639. The average Bonchev–Trinajstić information content (AvgIpc) is 2.84. The molecule has 11 nitrogen and oxygen atoms in total. The molecule has 0 aliphatic rings. The normalized spacial score (nSPS) is 13.1. The maximum atomic E-state index is 11.1. The number of aliphatic carboxylic acids is 3. The van der Waals surface area contributed by atoms with Crippen molar-refractivity contribution >= 4 is 23.9 Å². The standard InChI is InChI=1S/C18H36O2.C9H14O9/c1-2-3-4-5-6-7-8-9-10-11-12-13-14-15-16-17-18(19)20;10-3-5(11)4-18-7(14)2-9(17,8(15)16)1-6(12)13/h2-17H2,1H3,(H,19,20);5,10-11,17H,1-4H2,(H,12,13)(H,15,16). The fraction of sp³-hybridized carbons (Fsp3) is 0.852. The van der Waals surface area contributed by atoms with Gasteiger partial charge in [0.1, 0.15) is 12.7 Å². The molecular formula is C27H50O11. The molecule has 0 rings (SSSR count). The fourth-order valence-electron chi connectivity index (χ4n) is 3.64. The SMILES string of the molecule is CCCCCCCCCCCCCCCCCC(=O)O.O=C(O)CC(O)(CC(=O)OCC(O)CO)C(=O)O. The molecule has 6 N–H and O–H groups in total. The molecule has 0 aliphatic carbocycles. The van der Waals surface area contributed by atoms with Crippen LogP contribution in [0.4, 0.5) is 0 Å². The summed E-state index contributed by atoms with van der Waals surface area (Å²) < 4.78 is 4.36. The zero-order valence-electron chi connectivity index (χ0n) is 22.9. The highest BCUT2D eigenvalue weighted by Gasteiger charge is 2.41. The van der Waals surface area contributed by atoms with Crippen molar-refractivity contribution in [2.75, 3.05) is 13.2 Å². The van der Waals surface area contributed by atoms with Crippen molar-refractivity contribution in [3.8, 4) is 0 Å². The Labute approximate surface area is 226 Å². The number of carbonyl (C=O) groups excluding carboxylic acids is 1. The Kier molecular flexibility index (Phi) is 25.0. The van der Waals surface area contributed by atoms with Gasteiger partial charge in [0.15, 0.2) is 5.60 Å². The highest BCUT2D eigenvalue weighted by Crippen LogP contribution is 2.17. The first-order valence-electron chi connectivity index (χ1n) is 13.8. The van der Waals surface area contributed by atoms with E-state index < -0.39 is 61.6 Å². The number of ether oxygens (including phenoxy) is 1. The van der Waals surface area contributed by atoms with Crippen LogP contribution in [0.15, 0.2) is 0 Å². The van der Waals surface area contributed by atoms with Gasteiger partial charge in [-0.25, -0.2) is 4.79 Å². The van der Waals surface area contributed by atoms with Crippen molar-refractivity contribution < 1.29 is 54.6 Å². The van der Waals surface area contributed by atoms with Gasteiger partial charge in [-0.3, -0.25) is 14.4 Å². The first-order valence-corrected chi connectivity index (χ1v) is 13.8. The lowest BCUT2D eigenvalue weighted by molar-refractivity contribution is -0.172. The number of carbonyl (C=O) groups is 4. The van der Waals surface area contributed by atoms with E-state index in [1.807, 2.05) is 0 Å². The molecule has 0 bridgehead atoms. The van der Waals surface area contributed by atoms with E-state index in [0.29, 0.717) is 6.42 Å². The summed E-state index contributed by atoms with van der Waals surface area (Å²) in [6, 6.07) is 0. The number of esters is 1. The van der Waals surface area contributed by atoms with Crippen molar-refractivity contribution in [2.24, 2.45) is 0 Å². The average molecular weight is 551 g/mol. The van der Waals surface area contributed by atoms with Crippen LogP contribution in [0.1, 0.15) is 122 Å². The van der Waals surface area contributed by atoms with Gasteiger partial charge in [-0.1, -0.05) is 96.8 Å². The van der Waals surface area contributed by atoms with Crippen LogP contribution in [0.3, 0.4) is 0 Å². The van der Waals surface area contributed by atoms with Crippen molar-refractivity contribution in [1.29, 1.82) is 0 Å². The lowest BCUT2D eigenvalue weighted by Gasteiger charge is -2.20. The minimum atomic E-state index is -2.77. The minimum absolute atomic E-state index is 0.345. The number of hydrogen-bond acceptors (Lipinski definition) is 8. The first-order chi connectivity index (χ1) is 18.0. The molecule has 0 aliphatic heterocycles. The quantitative estimate of drug-likeness (QED) is 0.0752. The van der Waals surface area contributed by atoms with E-state index in [4.69, 9.17) is 25.5 Å². The number of aliphatic hydroxyl groups excluding tert-OH is 2. The summed E-state index contributed by atoms with van der Waals surface area (Å²) in [5.41, 5.74) is -2.77. The summed E-state index contributed by atoms with van der Waals surface area (Å²) in [6.45, 7) is 1.02. The zero-order chi connectivity index (χ0) is 29.2. The van der Waals surface area contributed by atoms with Gasteiger partial charge in [-0.05, 0) is 6.42 Å². The molecule has 0 aromatic carbocycles. The lowest BCUT2D eigenvalue weighted by atomic mass is 9.96. The van der Waals surface area contributed by atoms with E-state index in [1.165, 1.54) is 83.5 Å². The van der Waals surface area contributed by atoms with Crippen LogP contribution in [0.2, 0.25) is 0 Å². The molecule has 0 aromatic heterocycles. The van der Waals surface area contributed by atoms with E-state index in [1.54, 1.807) is 0 Å². The second kappa shape index (κ2) is 25.1. The first kappa shape index (κ1) is 37.9. The van der Waals surface area contributed by atoms with Crippen LogP contribution in [0.25, 0.3) is 0 Å². The van der Waals surface area contributed by atoms with Gasteiger partial charge >= 0.3 is 23.9 Å². The van der Waals surface area contributed by atoms with Crippen LogP contribution in [0, 0.1) is 0 Å². The third-order valence-corrected chi connectivity index (χ3v) is 5.92. The fourth-order valence-corrected chi connectivity index (χ4v) is 3.64. The van der Waals surface area contributed by atoms with Crippen molar-refractivity contribution in [1.82, 2.24) is 0 Å². The van der Waals surface area contributed by atoms with E-state index in [0.717, 1.165) is 12.8 Å². The molecule has 0 spiro atoms. The zero-order valence-corrected chi connectivity index (χ0v) is 22.9. The van der Waals surface area contributed by atoms with Crippen LogP contribution in [0.5, 0.6) is 0 Å². The predicted molar refractivity (Wildman–Crippen MR) is 141 cm³/mol. The number of unbranched alkanes of at least 4 members (excludes halogenated alkanes) is 14. The third kappa shape index (κ3) is 25.4. The molecule has 0 heterocycles. The monoisotopic (exact) mass is 550 g/mol. The molecule has 0 saturated carbocycles. The van der Waals surface area contributed by atoms with Gasteiger partial charge in [-0.15, -0.1) is 0 Å². The number of rotatable bonds is 24. The Hall–Kier alpha value is -2.24. The second-order valence-electron chi connectivity index (χ2n) is 9.70. The maximum absolute atomic E-state index is 11.1. The molecule has 0 aromatic rings.